The summed E-state index contributed by atoms with van der Waals surface area (Å²) in [5.74, 6) is -0.528. The van der Waals surface area contributed by atoms with E-state index in [1.807, 2.05) is 54.6 Å². The number of benzene rings is 3. The molecule has 6 heteroatoms. The van der Waals surface area contributed by atoms with Crippen LogP contribution >= 0.6 is 12.4 Å². The number of hydrogen-bond donors (Lipinski definition) is 3. The highest BCUT2D eigenvalue weighted by molar-refractivity contribution is 5.92. The molecule has 0 heterocycles. The molecule has 5 nitrogen and oxygen atoms in total. The first-order chi connectivity index (χ1) is 15.1. The molecule has 4 rings (SSSR count). The van der Waals surface area contributed by atoms with Crippen molar-refractivity contribution in [2.75, 3.05) is 13.1 Å². The zero-order valence-corrected chi connectivity index (χ0v) is 18.6. The normalized spacial score (nSPS) is 13.8. The van der Waals surface area contributed by atoms with E-state index >= 15 is 0 Å². The van der Waals surface area contributed by atoms with Crippen molar-refractivity contribution in [2.45, 2.75) is 31.5 Å². The maximum absolute atomic E-state index is 11.5. The quantitative estimate of drug-likeness (QED) is 0.381. The third kappa shape index (κ3) is 6.33. The second-order valence-electron chi connectivity index (χ2n) is 7.91. The van der Waals surface area contributed by atoms with E-state index in [1.54, 1.807) is 6.07 Å². The topological polar surface area (TPSA) is 78.8 Å². The van der Waals surface area contributed by atoms with Gasteiger partial charge in [-0.25, -0.2) is 4.79 Å². The van der Waals surface area contributed by atoms with Crippen molar-refractivity contribution in [3.05, 3.63) is 89.5 Å². The number of carboxylic acids is 1. The molecule has 0 aromatic heterocycles. The molecule has 0 unspecified atom stereocenters. The summed E-state index contributed by atoms with van der Waals surface area (Å²) >= 11 is 0. The van der Waals surface area contributed by atoms with E-state index in [2.05, 4.69) is 17.4 Å². The number of carboxylic acid groups (broad SMARTS) is 1. The molecule has 0 spiro atoms. The molecule has 1 aliphatic rings. The Bertz CT molecular complexity index is 1020. The van der Waals surface area contributed by atoms with E-state index in [9.17, 15) is 15.0 Å². The van der Waals surface area contributed by atoms with Crippen molar-refractivity contribution in [3.8, 4) is 16.9 Å². The second-order valence-corrected chi connectivity index (χ2v) is 7.91. The van der Waals surface area contributed by atoms with Gasteiger partial charge in [-0.2, -0.15) is 0 Å². The van der Waals surface area contributed by atoms with Crippen LogP contribution in [0.15, 0.2) is 72.8 Å². The highest BCUT2D eigenvalue weighted by Crippen LogP contribution is 2.33. The summed E-state index contributed by atoms with van der Waals surface area (Å²) in [6, 6.07) is 23.2. The van der Waals surface area contributed by atoms with Crippen LogP contribution in [0.5, 0.6) is 5.75 Å². The largest absolute Gasteiger partial charge is 0.490 e. The van der Waals surface area contributed by atoms with Gasteiger partial charge in [-0.05, 0) is 60.2 Å². The molecular formula is C26H28ClNO4. The molecule has 32 heavy (non-hydrogen) atoms. The van der Waals surface area contributed by atoms with Crippen LogP contribution in [0, 0.1) is 0 Å². The van der Waals surface area contributed by atoms with Crippen molar-refractivity contribution in [1.29, 1.82) is 0 Å². The minimum absolute atomic E-state index is 0. The summed E-state index contributed by atoms with van der Waals surface area (Å²) < 4.78 is 5.81. The number of carbonyl (C=O) groups is 1. The van der Waals surface area contributed by atoms with Gasteiger partial charge in [-0.15, -0.1) is 12.4 Å². The number of aromatic carboxylic acids is 1. The van der Waals surface area contributed by atoms with E-state index in [0.717, 1.165) is 42.5 Å². The molecule has 3 aromatic carbocycles. The molecule has 0 aliphatic heterocycles. The lowest BCUT2D eigenvalue weighted by molar-refractivity contribution is 0.0692. The molecule has 0 radical (unpaired) electrons. The fourth-order valence-electron chi connectivity index (χ4n) is 3.47. The number of halogens is 1. The average Bonchev–Trinajstić information content (AvgIpc) is 3.61. The Morgan fingerprint density at radius 1 is 1.00 bits per heavy atom. The molecule has 168 valence electrons. The molecule has 0 saturated heterocycles. The van der Waals surface area contributed by atoms with Gasteiger partial charge in [0.1, 0.15) is 11.3 Å². The predicted octanol–water partition coefficient (Wildman–Crippen LogP) is 4.88. The summed E-state index contributed by atoms with van der Waals surface area (Å²) in [5.41, 5.74) is 4.28. The molecule has 1 aliphatic carbocycles. The fraction of sp³-hybridized carbons (Fsp3) is 0.269. The standard InChI is InChI=1S/C26H27NO4.ClH/c28-24(20-4-2-1-3-5-20)17-27-15-14-18-6-8-19(9-7-18)21-10-13-23(26(29)30)25(16-21)31-22-11-12-22;/h1-10,13,16,22,24,27-28H,11-12,14-15,17H2,(H,29,30);1H/t24-;/m0./s1. The Labute approximate surface area is 194 Å². The van der Waals surface area contributed by atoms with Crippen LogP contribution in [0.2, 0.25) is 0 Å². The Hall–Kier alpha value is -2.86. The zero-order valence-electron chi connectivity index (χ0n) is 17.7. The van der Waals surface area contributed by atoms with Gasteiger partial charge >= 0.3 is 5.97 Å². The first kappa shape index (κ1) is 23.8. The molecule has 1 atom stereocenters. The maximum Gasteiger partial charge on any atom is 0.339 e. The number of ether oxygens (including phenoxy) is 1. The summed E-state index contributed by atoms with van der Waals surface area (Å²) in [6.45, 7) is 1.29. The van der Waals surface area contributed by atoms with E-state index in [0.29, 0.717) is 12.3 Å². The Morgan fingerprint density at radius 2 is 1.69 bits per heavy atom. The third-order valence-electron chi connectivity index (χ3n) is 5.43. The highest BCUT2D eigenvalue weighted by atomic mass is 35.5. The molecule has 1 saturated carbocycles. The zero-order chi connectivity index (χ0) is 21.6. The van der Waals surface area contributed by atoms with Crippen molar-refractivity contribution >= 4 is 18.4 Å². The van der Waals surface area contributed by atoms with Gasteiger partial charge in [0.2, 0.25) is 0 Å². The highest BCUT2D eigenvalue weighted by Gasteiger charge is 2.26. The van der Waals surface area contributed by atoms with E-state index in [4.69, 9.17) is 4.74 Å². The maximum atomic E-state index is 11.5. The summed E-state index contributed by atoms with van der Waals surface area (Å²) in [7, 11) is 0. The lowest BCUT2D eigenvalue weighted by Crippen LogP contribution is -2.23. The van der Waals surface area contributed by atoms with Crippen LogP contribution in [-0.4, -0.2) is 35.4 Å². The number of rotatable bonds is 10. The second kappa shape index (κ2) is 11.1. The molecule has 0 amide bonds. The molecule has 3 N–H and O–H groups in total. The van der Waals surface area contributed by atoms with Crippen molar-refractivity contribution in [3.63, 3.8) is 0 Å². The molecule has 1 fully saturated rings. The fourth-order valence-corrected chi connectivity index (χ4v) is 3.47. The SMILES string of the molecule is Cl.O=C(O)c1ccc(-c2ccc(CCNC[C@H](O)c3ccccc3)cc2)cc1OC1CC1. The minimum atomic E-state index is -0.970. The van der Waals surface area contributed by atoms with Crippen LogP contribution in [0.25, 0.3) is 11.1 Å². The van der Waals surface area contributed by atoms with Gasteiger partial charge in [0, 0.05) is 6.54 Å². The average molecular weight is 454 g/mol. The van der Waals surface area contributed by atoms with Crippen LogP contribution < -0.4 is 10.1 Å². The smallest absolute Gasteiger partial charge is 0.339 e. The van der Waals surface area contributed by atoms with E-state index in [1.165, 1.54) is 5.56 Å². The third-order valence-corrected chi connectivity index (χ3v) is 5.43. The summed E-state index contributed by atoms with van der Waals surface area (Å²) in [4.78, 5) is 11.5. The van der Waals surface area contributed by atoms with Crippen molar-refractivity contribution < 1.29 is 19.7 Å². The molecule has 0 bridgehead atoms. The summed E-state index contributed by atoms with van der Waals surface area (Å²) in [5, 5.41) is 22.9. The van der Waals surface area contributed by atoms with Gasteiger partial charge < -0.3 is 20.3 Å². The van der Waals surface area contributed by atoms with Crippen LogP contribution in [0.3, 0.4) is 0 Å². The lowest BCUT2D eigenvalue weighted by Gasteiger charge is -2.13. The summed E-state index contributed by atoms with van der Waals surface area (Å²) in [6.07, 6.45) is 2.45. The Morgan fingerprint density at radius 3 is 2.34 bits per heavy atom. The predicted molar refractivity (Wildman–Crippen MR) is 128 cm³/mol. The minimum Gasteiger partial charge on any atom is -0.490 e. The van der Waals surface area contributed by atoms with Gasteiger partial charge in [-0.1, -0.05) is 60.7 Å². The number of aliphatic hydroxyl groups excluding tert-OH is 1. The van der Waals surface area contributed by atoms with Crippen molar-refractivity contribution in [1.82, 2.24) is 5.32 Å². The van der Waals surface area contributed by atoms with E-state index in [-0.39, 0.29) is 24.1 Å². The van der Waals surface area contributed by atoms with Crippen LogP contribution in [-0.2, 0) is 6.42 Å². The first-order valence-corrected chi connectivity index (χ1v) is 10.7. The molecular weight excluding hydrogens is 426 g/mol. The number of hydrogen-bond acceptors (Lipinski definition) is 4. The van der Waals surface area contributed by atoms with Crippen molar-refractivity contribution in [2.24, 2.45) is 0 Å². The number of nitrogens with one attached hydrogen (secondary N) is 1. The number of aliphatic hydroxyl groups is 1. The van der Waals surface area contributed by atoms with Gasteiger partial charge in [0.15, 0.2) is 0 Å². The Kier molecular flexibility index (Phi) is 8.28. The van der Waals surface area contributed by atoms with Crippen LogP contribution in [0.4, 0.5) is 0 Å². The van der Waals surface area contributed by atoms with E-state index < -0.39 is 12.1 Å². The van der Waals surface area contributed by atoms with Crippen LogP contribution in [0.1, 0.15) is 40.4 Å². The first-order valence-electron chi connectivity index (χ1n) is 10.7. The monoisotopic (exact) mass is 453 g/mol. The van der Waals surface area contributed by atoms with Gasteiger partial charge in [-0.3, -0.25) is 0 Å². The Balaban J connectivity index is 0.00000289. The molecule has 3 aromatic rings. The van der Waals surface area contributed by atoms with Gasteiger partial charge in [0.05, 0.1) is 12.2 Å². The van der Waals surface area contributed by atoms with Gasteiger partial charge in [0.25, 0.3) is 0 Å². The lowest BCUT2D eigenvalue weighted by atomic mass is 10.0.